The number of pyridine rings is 1. The van der Waals surface area contributed by atoms with Gasteiger partial charge in [0.25, 0.3) is 5.91 Å². The number of nitrogens with zero attached hydrogens (tertiary/aromatic N) is 4. The van der Waals surface area contributed by atoms with Gasteiger partial charge in [0.2, 0.25) is 0 Å². The van der Waals surface area contributed by atoms with Crippen molar-refractivity contribution in [1.82, 2.24) is 25.1 Å². The monoisotopic (exact) mass is 444 g/mol. The summed E-state index contributed by atoms with van der Waals surface area (Å²) in [4.78, 5) is 16.9. The molecule has 2 aromatic heterocycles. The number of aromatic nitrogens is 4. The zero-order valence-corrected chi connectivity index (χ0v) is 18.1. The highest BCUT2D eigenvalue weighted by Crippen LogP contribution is 2.38. The minimum absolute atomic E-state index is 0.0947. The molecule has 0 spiro atoms. The van der Waals surface area contributed by atoms with Gasteiger partial charge < -0.3 is 10.6 Å². The van der Waals surface area contributed by atoms with E-state index in [1.54, 1.807) is 18.3 Å². The van der Waals surface area contributed by atoms with Crippen LogP contribution in [-0.4, -0.2) is 25.7 Å². The Bertz CT molecular complexity index is 1490. The van der Waals surface area contributed by atoms with Crippen LogP contribution < -0.4 is 10.6 Å². The molecule has 0 bridgehead atoms. The van der Waals surface area contributed by atoms with Gasteiger partial charge in [-0.15, -0.1) is 10.2 Å². The van der Waals surface area contributed by atoms with Gasteiger partial charge in [0.1, 0.15) is 0 Å². The van der Waals surface area contributed by atoms with Crippen LogP contribution in [0.1, 0.15) is 15.9 Å². The van der Waals surface area contributed by atoms with Gasteiger partial charge in [-0.2, -0.15) is 0 Å². The molecule has 0 atom stereocenters. The lowest BCUT2D eigenvalue weighted by atomic mass is 10.1. The third-order valence-corrected chi connectivity index (χ3v) is 5.81. The van der Waals surface area contributed by atoms with E-state index in [0.717, 1.165) is 45.5 Å². The summed E-state index contributed by atoms with van der Waals surface area (Å²) in [5, 5.41) is 15.5. The lowest BCUT2D eigenvalue weighted by Gasteiger charge is -2.11. The topological polar surface area (TPSA) is 84.7 Å². The second-order valence-electron chi connectivity index (χ2n) is 7.97. The smallest absolute Gasteiger partial charge is 0.251 e. The molecule has 7 heteroatoms. The summed E-state index contributed by atoms with van der Waals surface area (Å²) < 4.78 is 2.04. The molecule has 5 aromatic rings. The highest BCUT2D eigenvalue weighted by Gasteiger charge is 2.24. The Morgan fingerprint density at radius 2 is 1.59 bits per heavy atom. The molecule has 3 heterocycles. The SMILES string of the molecule is O=C(NCc1ccc(-c2nnc3n2-c2cccnc2Nc2ccccc2-3)cc1)c1ccccc1. The summed E-state index contributed by atoms with van der Waals surface area (Å²) >= 11 is 0. The molecule has 164 valence electrons. The van der Waals surface area contributed by atoms with Gasteiger partial charge in [0.15, 0.2) is 17.5 Å². The highest BCUT2D eigenvalue weighted by molar-refractivity contribution is 5.94. The first-order valence-corrected chi connectivity index (χ1v) is 11.0. The maximum Gasteiger partial charge on any atom is 0.251 e. The molecule has 2 N–H and O–H groups in total. The quantitative estimate of drug-likeness (QED) is 0.400. The molecule has 3 aromatic carbocycles. The summed E-state index contributed by atoms with van der Waals surface area (Å²) in [6.45, 7) is 0.440. The second kappa shape index (κ2) is 8.29. The fourth-order valence-electron chi connectivity index (χ4n) is 4.11. The van der Waals surface area contributed by atoms with E-state index in [0.29, 0.717) is 12.1 Å². The second-order valence-corrected chi connectivity index (χ2v) is 7.97. The molecular formula is C27H20N6O. The molecule has 0 radical (unpaired) electrons. The van der Waals surface area contributed by atoms with Crippen molar-refractivity contribution in [3.05, 3.63) is 108 Å². The first kappa shape index (κ1) is 19.9. The van der Waals surface area contributed by atoms with Gasteiger partial charge in [-0.05, 0) is 42.0 Å². The summed E-state index contributed by atoms with van der Waals surface area (Å²) in [5.74, 6) is 2.13. The highest BCUT2D eigenvalue weighted by atomic mass is 16.1. The molecular weight excluding hydrogens is 424 g/mol. The van der Waals surface area contributed by atoms with E-state index < -0.39 is 0 Å². The average molecular weight is 444 g/mol. The molecule has 7 nitrogen and oxygen atoms in total. The average Bonchev–Trinajstić information content (AvgIpc) is 3.28. The standard InChI is InChI=1S/C27H20N6O/c34-27(20-7-2-1-3-8-20)29-17-18-12-14-19(15-13-18)25-31-32-26-21-9-4-5-10-22(21)30-24-23(33(25)26)11-6-16-28-24/h1-16H,17H2,(H,28,30)(H,29,34). The minimum Gasteiger partial charge on any atom is -0.348 e. The van der Waals surface area contributed by atoms with Crippen molar-refractivity contribution in [2.45, 2.75) is 6.54 Å². The van der Waals surface area contributed by atoms with Crippen molar-refractivity contribution in [2.24, 2.45) is 0 Å². The number of benzene rings is 3. The third-order valence-electron chi connectivity index (χ3n) is 5.81. The molecule has 0 fully saturated rings. The number of amides is 1. The van der Waals surface area contributed by atoms with Crippen molar-refractivity contribution in [2.75, 3.05) is 5.32 Å². The Labute approximate surface area is 196 Å². The normalized spacial score (nSPS) is 11.4. The molecule has 0 saturated heterocycles. The maximum absolute atomic E-state index is 12.3. The van der Waals surface area contributed by atoms with Crippen LogP contribution in [0.25, 0.3) is 28.5 Å². The lowest BCUT2D eigenvalue weighted by molar-refractivity contribution is 0.0951. The van der Waals surface area contributed by atoms with E-state index in [-0.39, 0.29) is 5.91 Å². The summed E-state index contributed by atoms with van der Waals surface area (Å²) in [6, 6.07) is 29.1. The van der Waals surface area contributed by atoms with Crippen molar-refractivity contribution < 1.29 is 4.79 Å². The molecule has 1 aliphatic heterocycles. The van der Waals surface area contributed by atoms with E-state index in [4.69, 9.17) is 0 Å². The number of para-hydroxylation sites is 1. The van der Waals surface area contributed by atoms with E-state index in [1.165, 1.54) is 0 Å². The van der Waals surface area contributed by atoms with Crippen LogP contribution in [0.5, 0.6) is 0 Å². The Morgan fingerprint density at radius 3 is 2.44 bits per heavy atom. The number of nitrogens with one attached hydrogen (secondary N) is 2. The van der Waals surface area contributed by atoms with Crippen LogP contribution in [0.2, 0.25) is 0 Å². The van der Waals surface area contributed by atoms with E-state index in [2.05, 4.69) is 25.8 Å². The van der Waals surface area contributed by atoms with Crippen molar-refractivity contribution >= 4 is 17.4 Å². The molecule has 0 unspecified atom stereocenters. The Balaban J connectivity index is 1.33. The predicted octanol–water partition coefficient (Wildman–Crippen LogP) is 4.98. The molecule has 1 aliphatic rings. The van der Waals surface area contributed by atoms with Crippen LogP contribution in [0.3, 0.4) is 0 Å². The molecule has 1 amide bonds. The van der Waals surface area contributed by atoms with Gasteiger partial charge in [-0.3, -0.25) is 9.36 Å². The van der Waals surface area contributed by atoms with Crippen LogP contribution in [0.15, 0.2) is 97.2 Å². The maximum atomic E-state index is 12.3. The van der Waals surface area contributed by atoms with E-state index >= 15 is 0 Å². The third kappa shape index (κ3) is 3.49. The van der Waals surface area contributed by atoms with E-state index in [1.807, 2.05) is 83.4 Å². The lowest BCUT2D eigenvalue weighted by Crippen LogP contribution is -2.22. The fraction of sp³-hybridized carbons (Fsp3) is 0.0370. The van der Waals surface area contributed by atoms with Gasteiger partial charge in [-0.25, -0.2) is 4.98 Å². The number of hydrogen-bond donors (Lipinski definition) is 2. The number of hydrogen-bond acceptors (Lipinski definition) is 5. The van der Waals surface area contributed by atoms with Crippen molar-refractivity contribution in [3.63, 3.8) is 0 Å². The summed E-state index contributed by atoms with van der Waals surface area (Å²) in [5.41, 5.74) is 5.34. The van der Waals surface area contributed by atoms with Crippen LogP contribution in [0.4, 0.5) is 11.5 Å². The Morgan fingerprint density at radius 1 is 0.824 bits per heavy atom. The molecule has 0 saturated carbocycles. The van der Waals surface area contributed by atoms with Gasteiger partial charge >= 0.3 is 0 Å². The van der Waals surface area contributed by atoms with Gasteiger partial charge in [0, 0.05) is 29.4 Å². The first-order chi connectivity index (χ1) is 16.8. The fourth-order valence-corrected chi connectivity index (χ4v) is 4.11. The molecule has 0 aliphatic carbocycles. The number of anilines is 2. The first-order valence-electron chi connectivity index (χ1n) is 11.0. The minimum atomic E-state index is -0.0947. The number of carbonyl (C=O) groups is 1. The van der Waals surface area contributed by atoms with Crippen LogP contribution >= 0.6 is 0 Å². The summed E-state index contributed by atoms with van der Waals surface area (Å²) in [7, 11) is 0. The summed E-state index contributed by atoms with van der Waals surface area (Å²) in [6.07, 6.45) is 1.77. The zero-order chi connectivity index (χ0) is 22.9. The molecule has 34 heavy (non-hydrogen) atoms. The predicted molar refractivity (Wildman–Crippen MR) is 131 cm³/mol. The Kier molecular flexibility index (Phi) is 4.85. The largest absolute Gasteiger partial charge is 0.348 e. The van der Waals surface area contributed by atoms with Crippen LogP contribution in [0, 0.1) is 0 Å². The van der Waals surface area contributed by atoms with Crippen molar-refractivity contribution in [3.8, 4) is 28.5 Å². The number of rotatable bonds is 4. The Hall–Kier alpha value is -4.78. The zero-order valence-electron chi connectivity index (χ0n) is 18.1. The van der Waals surface area contributed by atoms with Gasteiger partial charge in [0.05, 0.1) is 11.4 Å². The van der Waals surface area contributed by atoms with Crippen LogP contribution in [-0.2, 0) is 6.54 Å². The van der Waals surface area contributed by atoms with E-state index in [9.17, 15) is 4.79 Å². The number of carbonyl (C=O) groups excluding carboxylic acids is 1. The molecule has 6 rings (SSSR count). The van der Waals surface area contributed by atoms with Gasteiger partial charge in [-0.1, -0.05) is 54.6 Å². The van der Waals surface area contributed by atoms with Crippen molar-refractivity contribution in [1.29, 1.82) is 0 Å². The number of fused-ring (bicyclic) bond motifs is 5.